The molecule has 2 heterocycles. The summed E-state index contributed by atoms with van der Waals surface area (Å²) in [4.78, 5) is 24.5. The molecule has 2 N–H and O–H groups in total. The van der Waals surface area contributed by atoms with Crippen LogP contribution in [0.4, 0.5) is 4.79 Å². The van der Waals surface area contributed by atoms with Crippen molar-refractivity contribution in [1.82, 2.24) is 25.4 Å². The van der Waals surface area contributed by atoms with E-state index in [-0.39, 0.29) is 23.1 Å². The number of amides is 3. The van der Waals surface area contributed by atoms with Crippen molar-refractivity contribution < 1.29 is 14.0 Å². The molecule has 1 saturated carbocycles. The summed E-state index contributed by atoms with van der Waals surface area (Å²) in [6, 6.07) is 11.7. The van der Waals surface area contributed by atoms with E-state index < -0.39 is 6.03 Å². The summed E-state index contributed by atoms with van der Waals surface area (Å²) in [5, 5.41) is 14.6. The Kier molecular flexibility index (Phi) is 7.41. The molecule has 1 aliphatic rings. The molecule has 9 heteroatoms. The zero-order valence-electron chi connectivity index (χ0n) is 19.8. The highest BCUT2D eigenvalue weighted by atomic mass is 32.2. The van der Waals surface area contributed by atoms with Gasteiger partial charge in [0, 0.05) is 11.6 Å². The monoisotopic (exact) mass is 481 g/mol. The van der Waals surface area contributed by atoms with Crippen LogP contribution >= 0.6 is 11.8 Å². The Morgan fingerprint density at radius 3 is 2.50 bits per heavy atom. The standard InChI is InChI=1S/C25H31N5O3S/c1-25(2,3)18-12-10-17(11-13-18)22-28-29-24(30(22)15-20-9-6-14-33-20)34-16-21(31)27-23(32)26-19-7-4-5-8-19/h6,9-14,19H,4-5,7-8,15-16H2,1-3H3,(H2,26,27,31,32). The number of hydrogen-bond acceptors (Lipinski definition) is 6. The van der Waals surface area contributed by atoms with Crippen molar-refractivity contribution in [3.63, 3.8) is 0 Å². The van der Waals surface area contributed by atoms with E-state index in [1.807, 2.05) is 28.8 Å². The third kappa shape index (κ3) is 6.08. The Bertz CT molecular complexity index is 1110. The van der Waals surface area contributed by atoms with Gasteiger partial charge in [0.05, 0.1) is 18.6 Å². The second kappa shape index (κ2) is 10.5. The molecule has 8 nitrogen and oxygen atoms in total. The number of nitrogens with zero attached hydrogens (tertiary/aromatic N) is 3. The average Bonchev–Trinajstić information content (AvgIpc) is 3.55. The van der Waals surface area contributed by atoms with Crippen LogP contribution in [0, 0.1) is 0 Å². The van der Waals surface area contributed by atoms with Gasteiger partial charge in [-0.15, -0.1) is 10.2 Å². The number of urea groups is 1. The number of thioether (sulfide) groups is 1. The number of carbonyl (C=O) groups excluding carboxylic acids is 2. The first kappa shape index (κ1) is 24.1. The van der Waals surface area contributed by atoms with Crippen LogP contribution in [-0.4, -0.2) is 38.5 Å². The van der Waals surface area contributed by atoms with Gasteiger partial charge in [-0.3, -0.25) is 14.7 Å². The summed E-state index contributed by atoms with van der Waals surface area (Å²) in [5.74, 6) is 1.13. The van der Waals surface area contributed by atoms with E-state index in [0.29, 0.717) is 17.5 Å². The Labute approximate surface area is 203 Å². The molecular weight excluding hydrogens is 450 g/mol. The van der Waals surface area contributed by atoms with E-state index in [9.17, 15) is 9.59 Å². The fourth-order valence-corrected chi connectivity index (χ4v) is 4.75. The van der Waals surface area contributed by atoms with Gasteiger partial charge < -0.3 is 9.73 Å². The molecule has 3 aromatic rings. The smallest absolute Gasteiger partial charge is 0.321 e. The minimum absolute atomic E-state index is 0.0529. The van der Waals surface area contributed by atoms with Crippen molar-refractivity contribution in [2.45, 2.75) is 69.6 Å². The number of rotatable bonds is 7. The van der Waals surface area contributed by atoms with Crippen molar-refractivity contribution in [1.29, 1.82) is 0 Å². The van der Waals surface area contributed by atoms with E-state index in [1.165, 1.54) is 17.3 Å². The van der Waals surface area contributed by atoms with Crippen LogP contribution in [0.1, 0.15) is 57.8 Å². The minimum Gasteiger partial charge on any atom is -0.467 e. The number of furan rings is 1. The first-order valence-electron chi connectivity index (χ1n) is 11.6. The molecule has 3 amide bonds. The van der Waals surface area contributed by atoms with E-state index in [0.717, 1.165) is 37.0 Å². The zero-order valence-corrected chi connectivity index (χ0v) is 20.7. The third-order valence-electron chi connectivity index (χ3n) is 5.90. The number of benzene rings is 1. The molecule has 0 radical (unpaired) electrons. The third-order valence-corrected chi connectivity index (χ3v) is 6.86. The quantitative estimate of drug-likeness (QED) is 0.473. The predicted octanol–water partition coefficient (Wildman–Crippen LogP) is 4.74. The summed E-state index contributed by atoms with van der Waals surface area (Å²) >= 11 is 1.24. The second-order valence-corrected chi connectivity index (χ2v) is 10.5. The summed E-state index contributed by atoms with van der Waals surface area (Å²) in [6.45, 7) is 6.96. The SMILES string of the molecule is CC(C)(C)c1ccc(-c2nnc(SCC(=O)NC(=O)NC3CCCC3)n2Cc2ccco2)cc1. The fraction of sp³-hybridized carbons (Fsp3) is 0.440. The van der Waals surface area contributed by atoms with Crippen molar-refractivity contribution in [3.05, 3.63) is 54.0 Å². The number of carbonyl (C=O) groups is 2. The van der Waals surface area contributed by atoms with Crippen molar-refractivity contribution in [2.24, 2.45) is 0 Å². The molecule has 0 unspecified atom stereocenters. The highest BCUT2D eigenvalue weighted by molar-refractivity contribution is 7.99. The Balaban J connectivity index is 1.46. The van der Waals surface area contributed by atoms with Crippen LogP contribution in [0.25, 0.3) is 11.4 Å². The molecule has 0 aliphatic heterocycles. The van der Waals surface area contributed by atoms with E-state index in [2.05, 4.69) is 53.7 Å². The Morgan fingerprint density at radius 2 is 1.85 bits per heavy atom. The highest BCUT2D eigenvalue weighted by Crippen LogP contribution is 2.28. The molecule has 180 valence electrons. The zero-order chi connectivity index (χ0) is 24.1. The van der Waals surface area contributed by atoms with Crippen molar-refractivity contribution >= 4 is 23.7 Å². The minimum atomic E-state index is -0.436. The van der Waals surface area contributed by atoms with E-state index >= 15 is 0 Å². The lowest BCUT2D eigenvalue weighted by atomic mass is 9.87. The van der Waals surface area contributed by atoms with Gasteiger partial charge in [0.2, 0.25) is 5.91 Å². The molecule has 1 fully saturated rings. The predicted molar refractivity (Wildman–Crippen MR) is 132 cm³/mol. The molecule has 0 saturated heterocycles. The van der Waals surface area contributed by atoms with Gasteiger partial charge in [0.15, 0.2) is 11.0 Å². The van der Waals surface area contributed by atoms with Gasteiger partial charge in [-0.2, -0.15) is 0 Å². The molecular formula is C25H31N5O3S. The number of nitrogens with one attached hydrogen (secondary N) is 2. The summed E-state index contributed by atoms with van der Waals surface area (Å²) in [5.41, 5.74) is 2.22. The normalized spacial score (nSPS) is 14.3. The number of aromatic nitrogens is 3. The van der Waals surface area contributed by atoms with Gasteiger partial charge in [-0.25, -0.2) is 4.79 Å². The topological polar surface area (TPSA) is 102 Å². The maximum absolute atomic E-state index is 12.4. The number of hydrogen-bond donors (Lipinski definition) is 2. The maximum atomic E-state index is 12.4. The molecule has 0 atom stereocenters. The Hall–Kier alpha value is -3.07. The Morgan fingerprint density at radius 1 is 1.12 bits per heavy atom. The molecule has 1 aromatic carbocycles. The molecule has 0 spiro atoms. The fourth-order valence-electron chi connectivity index (χ4n) is 4.01. The maximum Gasteiger partial charge on any atom is 0.321 e. The van der Waals surface area contributed by atoms with Gasteiger partial charge in [0.1, 0.15) is 5.76 Å². The van der Waals surface area contributed by atoms with Crippen molar-refractivity contribution in [3.8, 4) is 11.4 Å². The molecule has 4 rings (SSSR count). The molecule has 0 bridgehead atoms. The first-order valence-corrected chi connectivity index (χ1v) is 12.6. The van der Waals surface area contributed by atoms with Gasteiger partial charge in [0.25, 0.3) is 0 Å². The number of imide groups is 1. The molecule has 2 aromatic heterocycles. The van der Waals surface area contributed by atoms with Gasteiger partial charge >= 0.3 is 6.03 Å². The molecule has 34 heavy (non-hydrogen) atoms. The van der Waals surface area contributed by atoms with Crippen LogP contribution in [0.5, 0.6) is 0 Å². The van der Waals surface area contributed by atoms with Crippen LogP contribution in [0.3, 0.4) is 0 Å². The first-order chi connectivity index (χ1) is 16.3. The summed E-state index contributed by atoms with van der Waals surface area (Å²) in [7, 11) is 0. The van der Waals surface area contributed by atoms with Gasteiger partial charge in [-0.05, 0) is 36.0 Å². The highest BCUT2D eigenvalue weighted by Gasteiger charge is 2.21. The van der Waals surface area contributed by atoms with Gasteiger partial charge in [-0.1, -0.05) is 69.6 Å². The largest absolute Gasteiger partial charge is 0.467 e. The van der Waals surface area contributed by atoms with E-state index in [1.54, 1.807) is 6.26 Å². The second-order valence-electron chi connectivity index (χ2n) is 9.59. The van der Waals surface area contributed by atoms with Crippen LogP contribution in [-0.2, 0) is 16.8 Å². The van der Waals surface area contributed by atoms with Crippen LogP contribution in [0.15, 0.2) is 52.2 Å². The van der Waals surface area contributed by atoms with Crippen LogP contribution < -0.4 is 10.6 Å². The summed E-state index contributed by atoms with van der Waals surface area (Å²) < 4.78 is 7.47. The van der Waals surface area contributed by atoms with E-state index in [4.69, 9.17) is 4.42 Å². The van der Waals surface area contributed by atoms with Crippen LogP contribution in [0.2, 0.25) is 0 Å². The van der Waals surface area contributed by atoms with Crippen molar-refractivity contribution in [2.75, 3.05) is 5.75 Å². The average molecular weight is 482 g/mol. The summed E-state index contributed by atoms with van der Waals surface area (Å²) in [6.07, 6.45) is 5.78. The lowest BCUT2D eigenvalue weighted by molar-refractivity contribution is -0.117. The lowest BCUT2D eigenvalue weighted by Gasteiger charge is -2.19. The lowest BCUT2D eigenvalue weighted by Crippen LogP contribution is -2.44. The molecule has 1 aliphatic carbocycles.